The molecule has 15 heavy (non-hydrogen) atoms. The summed E-state index contributed by atoms with van der Waals surface area (Å²) in [4.78, 5) is 4.18. The lowest BCUT2D eigenvalue weighted by atomic mass is 10.2. The van der Waals surface area contributed by atoms with Crippen molar-refractivity contribution in [3.8, 4) is 0 Å². The van der Waals surface area contributed by atoms with E-state index in [4.69, 9.17) is 5.73 Å². The number of aliphatic hydroxyl groups excluding tert-OH is 1. The number of anilines is 1. The minimum Gasteiger partial charge on any atom is -0.392 e. The molecule has 0 bridgehead atoms. The fourth-order valence-corrected chi connectivity index (χ4v) is 1.25. The van der Waals surface area contributed by atoms with Crippen LogP contribution in [-0.4, -0.2) is 28.8 Å². The van der Waals surface area contributed by atoms with Gasteiger partial charge in [-0.3, -0.25) is 0 Å². The minimum atomic E-state index is -0.519. The summed E-state index contributed by atoms with van der Waals surface area (Å²) in [7, 11) is 0. The highest BCUT2D eigenvalue weighted by Gasteiger charge is 2.08. The standard InChI is InChI=1S/C10H16BrN3O/c1-6-3-10(13-4-8(6)11)14-5-9(12)7(2)15/h3-4,7,9,15H,5,12H2,1-2H3,(H,13,14). The van der Waals surface area contributed by atoms with Crippen LogP contribution in [0.25, 0.3) is 0 Å². The topological polar surface area (TPSA) is 71.2 Å². The molecular weight excluding hydrogens is 258 g/mol. The number of pyridine rings is 1. The summed E-state index contributed by atoms with van der Waals surface area (Å²) in [5.74, 6) is 0.770. The second kappa shape index (κ2) is 5.44. The summed E-state index contributed by atoms with van der Waals surface area (Å²) in [5.41, 5.74) is 6.79. The lowest BCUT2D eigenvalue weighted by Crippen LogP contribution is -2.38. The van der Waals surface area contributed by atoms with Crippen molar-refractivity contribution in [2.45, 2.75) is 26.0 Å². The van der Waals surface area contributed by atoms with Crippen LogP contribution in [0, 0.1) is 6.92 Å². The van der Waals surface area contributed by atoms with Crippen molar-refractivity contribution >= 4 is 21.7 Å². The largest absolute Gasteiger partial charge is 0.392 e. The van der Waals surface area contributed by atoms with Crippen molar-refractivity contribution in [2.75, 3.05) is 11.9 Å². The van der Waals surface area contributed by atoms with Crippen LogP contribution in [0.15, 0.2) is 16.7 Å². The average Bonchev–Trinajstić information content (AvgIpc) is 2.19. The lowest BCUT2D eigenvalue weighted by Gasteiger charge is -2.15. The van der Waals surface area contributed by atoms with E-state index in [9.17, 15) is 5.11 Å². The van der Waals surface area contributed by atoms with E-state index >= 15 is 0 Å². The molecule has 0 aliphatic rings. The Morgan fingerprint density at radius 1 is 1.67 bits per heavy atom. The van der Waals surface area contributed by atoms with E-state index in [0.717, 1.165) is 15.9 Å². The van der Waals surface area contributed by atoms with Crippen LogP contribution >= 0.6 is 15.9 Å². The van der Waals surface area contributed by atoms with Crippen LogP contribution in [0.5, 0.6) is 0 Å². The van der Waals surface area contributed by atoms with Gasteiger partial charge in [-0.15, -0.1) is 0 Å². The lowest BCUT2D eigenvalue weighted by molar-refractivity contribution is 0.168. The molecule has 0 radical (unpaired) electrons. The molecule has 1 heterocycles. The smallest absolute Gasteiger partial charge is 0.126 e. The van der Waals surface area contributed by atoms with Crippen molar-refractivity contribution in [3.63, 3.8) is 0 Å². The summed E-state index contributed by atoms with van der Waals surface area (Å²) in [6.45, 7) is 4.17. The molecule has 0 aromatic carbocycles. The minimum absolute atomic E-state index is 0.282. The molecule has 0 amide bonds. The molecule has 0 fully saturated rings. The van der Waals surface area contributed by atoms with Gasteiger partial charge in [0.2, 0.25) is 0 Å². The third-order valence-corrected chi connectivity index (χ3v) is 3.02. The van der Waals surface area contributed by atoms with E-state index in [1.807, 2.05) is 13.0 Å². The highest BCUT2D eigenvalue weighted by atomic mass is 79.9. The van der Waals surface area contributed by atoms with Crippen molar-refractivity contribution in [3.05, 3.63) is 22.3 Å². The van der Waals surface area contributed by atoms with Crippen LogP contribution in [0.2, 0.25) is 0 Å². The first kappa shape index (κ1) is 12.4. The Balaban J connectivity index is 2.55. The summed E-state index contributed by atoms with van der Waals surface area (Å²) >= 11 is 3.38. The third kappa shape index (κ3) is 3.77. The Bertz CT molecular complexity index is 330. The number of nitrogens with zero attached hydrogens (tertiary/aromatic N) is 1. The van der Waals surface area contributed by atoms with E-state index in [1.165, 1.54) is 0 Å². The van der Waals surface area contributed by atoms with Crippen LogP contribution in [0.4, 0.5) is 5.82 Å². The van der Waals surface area contributed by atoms with E-state index < -0.39 is 6.10 Å². The van der Waals surface area contributed by atoms with Gasteiger partial charge in [-0.2, -0.15) is 0 Å². The van der Waals surface area contributed by atoms with Gasteiger partial charge in [0.1, 0.15) is 5.82 Å². The van der Waals surface area contributed by atoms with Crippen molar-refractivity contribution in [2.24, 2.45) is 5.73 Å². The Kier molecular flexibility index (Phi) is 4.50. The van der Waals surface area contributed by atoms with Crippen LogP contribution in [0.1, 0.15) is 12.5 Å². The summed E-state index contributed by atoms with van der Waals surface area (Å²) in [6, 6.07) is 1.65. The maximum atomic E-state index is 9.20. The zero-order valence-corrected chi connectivity index (χ0v) is 10.5. The van der Waals surface area contributed by atoms with Crippen molar-refractivity contribution < 1.29 is 5.11 Å². The normalized spacial score (nSPS) is 14.7. The number of halogens is 1. The quantitative estimate of drug-likeness (QED) is 0.773. The second-order valence-electron chi connectivity index (χ2n) is 3.60. The number of aryl methyl sites for hydroxylation is 1. The highest BCUT2D eigenvalue weighted by Crippen LogP contribution is 2.16. The number of aliphatic hydroxyl groups is 1. The molecule has 0 saturated carbocycles. The SMILES string of the molecule is Cc1cc(NCC(N)C(C)O)ncc1Br. The fourth-order valence-electron chi connectivity index (χ4n) is 1.03. The molecule has 1 aromatic rings. The molecule has 5 heteroatoms. The molecule has 1 rings (SSSR count). The summed E-state index contributed by atoms with van der Waals surface area (Å²) in [5, 5.41) is 12.3. The van der Waals surface area contributed by atoms with Crippen molar-refractivity contribution in [1.29, 1.82) is 0 Å². The molecule has 1 aromatic heterocycles. The number of rotatable bonds is 4. The molecule has 0 spiro atoms. The first-order chi connectivity index (χ1) is 7.00. The average molecular weight is 274 g/mol. The molecule has 84 valence electrons. The third-order valence-electron chi connectivity index (χ3n) is 2.19. The zero-order valence-electron chi connectivity index (χ0n) is 8.87. The second-order valence-corrected chi connectivity index (χ2v) is 4.46. The molecule has 2 unspecified atom stereocenters. The van der Waals surface area contributed by atoms with Gasteiger partial charge in [-0.1, -0.05) is 0 Å². The van der Waals surface area contributed by atoms with Crippen LogP contribution in [-0.2, 0) is 0 Å². The summed E-state index contributed by atoms with van der Waals surface area (Å²) < 4.78 is 0.980. The number of hydrogen-bond acceptors (Lipinski definition) is 4. The van der Waals surface area contributed by atoms with E-state index in [2.05, 4.69) is 26.2 Å². The van der Waals surface area contributed by atoms with E-state index in [0.29, 0.717) is 6.54 Å². The van der Waals surface area contributed by atoms with Gasteiger partial charge >= 0.3 is 0 Å². The van der Waals surface area contributed by atoms with Gasteiger partial charge < -0.3 is 16.2 Å². The van der Waals surface area contributed by atoms with E-state index in [-0.39, 0.29) is 6.04 Å². The highest BCUT2D eigenvalue weighted by molar-refractivity contribution is 9.10. The Morgan fingerprint density at radius 2 is 2.33 bits per heavy atom. The molecule has 0 saturated heterocycles. The first-order valence-corrected chi connectivity index (χ1v) is 5.59. The van der Waals surface area contributed by atoms with Gasteiger partial charge in [-0.25, -0.2) is 4.98 Å². The maximum absolute atomic E-state index is 9.20. The Labute approximate surface area is 98.0 Å². The van der Waals surface area contributed by atoms with Crippen LogP contribution in [0.3, 0.4) is 0 Å². The number of aromatic nitrogens is 1. The zero-order chi connectivity index (χ0) is 11.4. The van der Waals surface area contributed by atoms with Gasteiger partial charge in [-0.05, 0) is 41.4 Å². The number of nitrogens with two attached hydrogens (primary N) is 1. The van der Waals surface area contributed by atoms with Gasteiger partial charge in [0.25, 0.3) is 0 Å². The predicted octanol–water partition coefficient (Wildman–Crippen LogP) is 1.27. The molecule has 4 nitrogen and oxygen atoms in total. The van der Waals surface area contributed by atoms with Gasteiger partial charge in [0, 0.05) is 23.3 Å². The Hall–Kier alpha value is -0.650. The monoisotopic (exact) mass is 273 g/mol. The van der Waals surface area contributed by atoms with Gasteiger partial charge in [0.15, 0.2) is 0 Å². The molecule has 0 aliphatic carbocycles. The number of hydrogen-bond donors (Lipinski definition) is 3. The van der Waals surface area contributed by atoms with Crippen LogP contribution < -0.4 is 11.1 Å². The first-order valence-electron chi connectivity index (χ1n) is 4.80. The molecule has 4 N–H and O–H groups in total. The molecule has 0 aliphatic heterocycles. The molecule has 2 atom stereocenters. The molecular formula is C10H16BrN3O. The number of nitrogens with one attached hydrogen (secondary N) is 1. The maximum Gasteiger partial charge on any atom is 0.126 e. The van der Waals surface area contributed by atoms with Crippen molar-refractivity contribution in [1.82, 2.24) is 4.98 Å². The fraction of sp³-hybridized carbons (Fsp3) is 0.500. The predicted molar refractivity (Wildman–Crippen MR) is 64.8 cm³/mol. The van der Waals surface area contributed by atoms with Gasteiger partial charge in [0.05, 0.1) is 6.10 Å². The van der Waals surface area contributed by atoms with E-state index in [1.54, 1.807) is 13.1 Å². The Morgan fingerprint density at radius 3 is 2.87 bits per heavy atom. The summed E-state index contributed by atoms with van der Waals surface area (Å²) in [6.07, 6.45) is 1.22.